The lowest BCUT2D eigenvalue weighted by Gasteiger charge is -2.35. The highest BCUT2D eigenvalue weighted by Gasteiger charge is 2.46. The average molecular weight is 322 g/mol. The molecule has 0 aromatic rings. The quantitative estimate of drug-likeness (QED) is 0.735. The summed E-state index contributed by atoms with van der Waals surface area (Å²) in [7, 11) is 0. The Morgan fingerprint density at radius 3 is 2.18 bits per heavy atom. The second kappa shape index (κ2) is 6.13. The van der Waals surface area contributed by atoms with E-state index in [-0.39, 0.29) is 25.9 Å². The second-order valence-electron chi connectivity index (χ2n) is 5.67. The smallest absolute Gasteiger partial charge is 0.408 e. The number of piperidine rings is 2. The van der Waals surface area contributed by atoms with Crippen molar-refractivity contribution in [1.82, 2.24) is 10.2 Å². The molecule has 2 aliphatic rings. The Morgan fingerprint density at radius 2 is 1.73 bits per heavy atom. The van der Waals surface area contributed by atoms with E-state index in [1.807, 2.05) is 5.32 Å². The van der Waals surface area contributed by atoms with Crippen LogP contribution in [0.3, 0.4) is 0 Å². The second-order valence-corrected chi connectivity index (χ2v) is 5.67. The van der Waals surface area contributed by atoms with Crippen molar-refractivity contribution in [3.8, 4) is 0 Å². The van der Waals surface area contributed by atoms with Gasteiger partial charge < -0.3 is 15.3 Å². The largest absolute Gasteiger partial charge is 0.481 e. The Morgan fingerprint density at radius 1 is 1.14 bits per heavy atom. The van der Waals surface area contributed by atoms with E-state index in [9.17, 15) is 27.6 Å². The zero-order valence-corrected chi connectivity index (χ0v) is 11.7. The number of hydrogen-bond donors (Lipinski definition) is 2. The first-order valence-corrected chi connectivity index (χ1v) is 7.09. The molecule has 0 spiro atoms. The van der Waals surface area contributed by atoms with Crippen molar-refractivity contribution in [1.29, 1.82) is 0 Å². The Kier molecular flexibility index (Phi) is 4.62. The van der Waals surface area contributed by atoms with Crippen LogP contribution in [0.15, 0.2) is 0 Å². The lowest BCUT2D eigenvalue weighted by atomic mass is 9.90. The molecule has 2 rings (SSSR count). The van der Waals surface area contributed by atoms with E-state index in [1.165, 1.54) is 4.90 Å². The summed E-state index contributed by atoms with van der Waals surface area (Å²) in [6, 6.07) is -1.90. The third-order valence-corrected chi connectivity index (χ3v) is 4.23. The molecule has 2 aliphatic heterocycles. The molecule has 2 saturated heterocycles. The summed E-state index contributed by atoms with van der Waals surface area (Å²) < 4.78 is 37.7. The SMILES string of the molecule is O=C(O)C1CCN(C(=O)C2CCC(C(F)(F)F)NC2=O)CC1. The van der Waals surface area contributed by atoms with Crippen molar-refractivity contribution >= 4 is 17.8 Å². The number of nitrogens with one attached hydrogen (secondary N) is 1. The maximum atomic E-state index is 12.6. The van der Waals surface area contributed by atoms with Gasteiger partial charge in [0.1, 0.15) is 12.0 Å². The van der Waals surface area contributed by atoms with Gasteiger partial charge in [-0.3, -0.25) is 14.4 Å². The van der Waals surface area contributed by atoms with Gasteiger partial charge in [-0.1, -0.05) is 0 Å². The number of carboxylic acid groups (broad SMARTS) is 1. The van der Waals surface area contributed by atoms with Gasteiger partial charge in [-0.05, 0) is 25.7 Å². The summed E-state index contributed by atoms with van der Waals surface area (Å²) in [6.07, 6.45) is -4.39. The van der Waals surface area contributed by atoms with Crippen LogP contribution < -0.4 is 5.32 Å². The Balaban J connectivity index is 1.92. The van der Waals surface area contributed by atoms with Crippen molar-refractivity contribution < 1.29 is 32.7 Å². The summed E-state index contributed by atoms with van der Waals surface area (Å²) >= 11 is 0. The number of nitrogens with zero attached hydrogens (tertiary/aromatic N) is 1. The minimum atomic E-state index is -4.51. The minimum absolute atomic E-state index is 0.145. The van der Waals surface area contributed by atoms with Gasteiger partial charge in [0.2, 0.25) is 11.8 Å². The number of rotatable bonds is 2. The monoisotopic (exact) mass is 322 g/mol. The van der Waals surface area contributed by atoms with E-state index in [2.05, 4.69) is 0 Å². The molecule has 124 valence electrons. The number of carbonyl (C=O) groups excluding carboxylic acids is 2. The first-order valence-electron chi connectivity index (χ1n) is 7.09. The summed E-state index contributed by atoms with van der Waals surface area (Å²) in [6.45, 7) is 0.421. The molecule has 0 aromatic carbocycles. The molecule has 2 amide bonds. The van der Waals surface area contributed by atoms with Gasteiger partial charge in [-0.2, -0.15) is 13.2 Å². The Hall–Kier alpha value is -1.80. The number of carboxylic acids is 1. The van der Waals surface area contributed by atoms with Crippen LogP contribution in [0.2, 0.25) is 0 Å². The summed E-state index contributed by atoms with van der Waals surface area (Å²) in [5.41, 5.74) is 0. The topological polar surface area (TPSA) is 86.7 Å². The maximum absolute atomic E-state index is 12.6. The summed E-state index contributed by atoms with van der Waals surface area (Å²) in [4.78, 5) is 36.2. The molecule has 9 heteroatoms. The standard InChI is InChI=1S/C13H17F3N2O4/c14-13(15,16)9-2-1-8(10(19)17-9)11(20)18-5-3-7(4-6-18)12(21)22/h7-9H,1-6H2,(H,17,19)(H,21,22). The minimum Gasteiger partial charge on any atom is -0.481 e. The van der Waals surface area contributed by atoms with Gasteiger partial charge in [0.05, 0.1) is 5.92 Å². The van der Waals surface area contributed by atoms with E-state index < -0.39 is 41.8 Å². The van der Waals surface area contributed by atoms with Crippen molar-refractivity contribution in [2.45, 2.75) is 37.9 Å². The van der Waals surface area contributed by atoms with Gasteiger partial charge in [0.15, 0.2) is 0 Å². The fourth-order valence-corrected chi connectivity index (χ4v) is 2.86. The lowest BCUT2D eigenvalue weighted by molar-refractivity contribution is -0.172. The summed E-state index contributed by atoms with van der Waals surface area (Å²) in [5.74, 6) is -3.96. The molecule has 6 nitrogen and oxygen atoms in total. The van der Waals surface area contributed by atoms with E-state index in [1.54, 1.807) is 0 Å². The molecule has 22 heavy (non-hydrogen) atoms. The number of halogens is 3. The Bertz CT molecular complexity index is 472. The third kappa shape index (κ3) is 3.50. The predicted molar refractivity (Wildman–Crippen MR) is 67.6 cm³/mol. The van der Waals surface area contributed by atoms with Gasteiger partial charge in [-0.15, -0.1) is 0 Å². The van der Waals surface area contributed by atoms with Gasteiger partial charge in [-0.25, -0.2) is 0 Å². The molecule has 2 unspecified atom stereocenters. The van der Waals surface area contributed by atoms with Crippen LogP contribution in [-0.2, 0) is 14.4 Å². The summed E-state index contributed by atoms with van der Waals surface area (Å²) in [5, 5.41) is 10.7. The molecular weight excluding hydrogens is 305 g/mol. The zero-order chi connectivity index (χ0) is 16.5. The molecule has 0 saturated carbocycles. The maximum Gasteiger partial charge on any atom is 0.408 e. The zero-order valence-electron chi connectivity index (χ0n) is 11.7. The highest BCUT2D eigenvalue weighted by atomic mass is 19.4. The molecule has 2 heterocycles. The van der Waals surface area contributed by atoms with Gasteiger partial charge >= 0.3 is 12.1 Å². The van der Waals surface area contributed by atoms with Crippen LogP contribution in [0.5, 0.6) is 0 Å². The average Bonchev–Trinajstić information content (AvgIpc) is 2.45. The molecule has 2 N–H and O–H groups in total. The lowest BCUT2D eigenvalue weighted by Crippen LogP contribution is -2.55. The van der Waals surface area contributed by atoms with E-state index >= 15 is 0 Å². The number of alkyl halides is 3. The van der Waals surface area contributed by atoms with Crippen molar-refractivity contribution in [2.24, 2.45) is 11.8 Å². The van der Waals surface area contributed by atoms with Crippen LogP contribution in [0.25, 0.3) is 0 Å². The van der Waals surface area contributed by atoms with Crippen LogP contribution in [0.1, 0.15) is 25.7 Å². The van der Waals surface area contributed by atoms with Crippen molar-refractivity contribution in [3.05, 3.63) is 0 Å². The van der Waals surface area contributed by atoms with Crippen LogP contribution >= 0.6 is 0 Å². The first kappa shape index (κ1) is 16.6. The number of hydrogen-bond acceptors (Lipinski definition) is 3. The first-order chi connectivity index (χ1) is 10.2. The van der Waals surface area contributed by atoms with Crippen LogP contribution in [0.4, 0.5) is 13.2 Å². The number of likely N-dealkylation sites (tertiary alicyclic amines) is 1. The number of aliphatic carboxylic acids is 1. The fourth-order valence-electron chi connectivity index (χ4n) is 2.86. The van der Waals surface area contributed by atoms with E-state index in [0.29, 0.717) is 12.8 Å². The predicted octanol–water partition coefficient (Wildman–Crippen LogP) is 0.767. The normalized spacial score (nSPS) is 27.4. The van der Waals surface area contributed by atoms with Crippen molar-refractivity contribution in [2.75, 3.05) is 13.1 Å². The number of amides is 2. The van der Waals surface area contributed by atoms with Gasteiger partial charge in [0.25, 0.3) is 0 Å². The van der Waals surface area contributed by atoms with Crippen molar-refractivity contribution in [3.63, 3.8) is 0 Å². The molecule has 0 aromatic heterocycles. The molecule has 2 fully saturated rings. The highest BCUT2D eigenvalue weighted by molar-refractivity contribution is 6.01. The third-order valence-electron chi connectivity index (χ3n) is 4.23. The molecule has 0 bridgehead atoms. The van der Waals surface area contributed by atoms with Gasteiger partial charge in [0, 0.05) is 13.1 Å². The van der Waals surface area contributed by atoms with E-state index in [0.717, 1.165) is 0 Å². The molecule has 0 radical (unpaired) electrons. The van der Waals surface area contributed by atoms with E-state index in [4.69, 9.17) is 5.11 Å². The van der Waals surface area contributed by atoms with Crippen LogP contribution in [0, 0.1) is 11.8 Å². The molecular formula is C13H17F3N2O4. The van der Waals surface area contributed by atoms with Crippen LogP contribution in [-0.4, -0.2) is 53.1 Å². The number of carbonyl (C=O) groups is 3. The molecule has 2 atom stereocenters. The highest BCUT2D eigenvalue weighted by Crippen LogP contribution is 2.30. The molecule has 0 aliphatic carbocycles. The Labute approximate surface area is 124 Å². The fraction of sp³-hybridized carbons (Fsp3) is 0.769.